The lowest BCUT2D eigenvalue weighted by Crippen LogP contribution is -2.42. The molecule has 2 saturated heterocycles. The first-order valence-corrected chi connectivity index (χ1v) is 5.50. The maximum absolute atomic E-state index is 5.30. The summed E-state index contributed by atoms with van der Waals surface area (Å²) in [5, 5.41) is 0. The topological polar surface area (TPSA) is 18.5 Å². The van der Waals surface area contributed by atoms with Gasteiger partial charge < -0.3 is 9.47 Å². The van der Waals surface area contributed by atoms with E-state index in [9.17, 15) is 0 Å². The zero-order valence-corrected chi connectivity index (χ0v) is 8.55. The molecule has 2 heteroatoms. The predicted octanol–water partition coefficient (Wildman–Crippen LogP) is 2.23. The largest absolute Gasteiger partial charge is 0.381 e. The van der Waals surface area contributed by atoms with Gasteiger partial charge in [0.25, 0.3) is 0 Å². The second-order valence-corrected chi connectivity index (χ2v) is 4.64. The van der Waals surface area contributed by atoms with E-state index in [4.69, 9.17) is 9.47 Å². The Labute approximate surface area is 80.6 Å². The number of rotatable bonds is 5. The van der Waals surface area contributed by atoms with Gasteiger partial charge in [-0.3, -0.25) is 0 Å². The van der Waals surface area contributed by atoms with E-state index in [0.717, 1.165) is 32.3 Å². The van der Waals surface area contributed by atoms with Gasteiger partial charge in [-0.05, 0) is 19.3 Å². The van der Waals surface area contributed by atoms with Crippen molar-refractivity contribution in [3.63, 3.8) is 0 Å². The van der Waals surface area contributed by atoms with Crippen molar-refractivity contribution < 1.29 is 9.47 Å². The quantitative estimate of drug-likeness (QED) is 0.652. The van der Waals surface area contributed by atoms with Crippen LogP contribution in [0.3, 0.4) is 0 Å². The third-order valence-corrected chi connectivity index (χ3v) is 3.59. The first-order chi connectivity index (χ1) is 6.35. The van der Waals surface area contributed by atoms with Crippen molar-refractivity contribution in [3.05, 3.63) is 0 Å². The van der Waals surface area contributed by atoms with E-state index in [1.54, 1.807) is 0 Å². The van der Waals surface area contributed by atoms with Crippen LogP contribution in [0.5, 0.6) is 0 Å². The highest BCUT2D eigenvalue weighted by Gasteiger charge is 2.36. The maximum Gasteiger partial charge on any atom is 0.0544 e. The molecule has 13 heavy (non-hydrogen) atoms. The molecule has 2 rings (SSSR count). The molecule has 0 saturated carbocycles. The van der Waals surface area contributed by atoms with Crippen molar-refractivity contribution in [2.24, 2.45) is 11.3 Å². The van der Waals surface area contributed by atoms with Gasteiger partial charge in [0.1, 0.15) is 0 Å². The molecule has 0 bridgehead atoms. The molecular formula is C11H20O2. The molecule has 0 aromatic rings. The Morgan fingerprint density at radius 2 is 2.00 bits per heavy atom. The fourth-order valence-electron chi connectivity index (χ4n) is 2.13. The zero-order valence-electron chi connectivity index (χ0n) is 8.55. The van der Waals surface area contributed by atoms with E-state index in [0.29, 0.717) is 5.41 Å². The Hall–Kier alpha value is -0.0800. The van der Waals surface area contributed by atoms with Gasteiger partial charge in [0.05, 0.1) is 26.4 Å². The Morgan fingerprint density at radius 3 is 2.38 bits per heavy atom. The van der Waals surface area contributed by atoms with Crippen molar-refractivity contribution in [1.29, 1.82) is 0 Å². The van der Waals surface area contributed by atoms with Crippen LogP contribution in [-0.2, 0) is 9.47 Å². The van der Waals surface area contributed by atoms with Crippen LogP contribution in [0.1, 0.15) is 32.6 Å². The first-order valence-electron chi connectivity index (χ1n) is 5.50. The SMILES string of the molecule is CCC1(CCCC2COC2)COC1. The van der Waals surface area contributed by atoms with Gasteiger partial charge in [-0.2, -0.15) is 0 Å². The summed E-state index contributed by atoms with van der Waals surface area (Å²) < 4.78 is 10.5. The summed E-state index contributed by atoms with van der Waals surface area (Å²) in [6.45, 7) is 6.32. The van der Waals surface area contributed by atoms with Crippen molar-refractivity contribution in [2.45, 2.75) is 32.6 Å². The van der Waals surface area contributed by atoms with E-state index in [2.05, 4.69) is 6.92 Å². The third kappa shape index (κ3) is 2.05. The van der Waals surface area contributed by atoms with Gasteiger partial charge in [0, 0.05) is 11.3 Å². The Morgan fingerprint density at radius 1 is 1.23 bits per heavy atom. The van der Waals surface area contributed by atoms with Gasteiger partial charge >= 0.3 is 0 Å². The first kappa shape index (κ1) is 9.47. The molecule has 0 aliphatic carbocycles. The standard InChI is InChI=1S/C11H20O2/c1-2-11(8-13-9-11)5-3-4-10-6-12-7-10/h10H,2-9H2,1H3. The van der Waals surface area contributed by atoms with Crippen molar-refractivity contribution in [1.82, 2.24) is 0 Å². The molecule has 0 aromatic heterocycles. The molecule has 0 spiro atoms. The fourth-order valence-corrected chi connectivity index (χ4v) is 2.13. The smallest absolute Gasteiger partial charge is 0.0544 e. The van der Waals surface area contributed by atoms with E-state index in [1.165, 1.54) is 25.7 Å². The highest BCUT2D eigenvalue weighted by molar-refractivity contribution is 4.84. The molecule has 2 aliphatic heterocycles. The molecule has 0 radical (unpaired) electrons. The molecule has 2 heterocycles. The van der Waals surface area contributed by atoms with Gasteiger partial charge in [0.2, 0.25) is 0 Å². The van der Waals surface area contributed by atoms with Crippen molar-refractivity contribution in [2.75, 3.05) is 26.4 Å². The lowest BCUT2D eigenvalue weighted by molar-refractivity contribution is -0.122. The van der Waals surface area contributed by atoms with Gasteiger partial charge in [-0.25, -0.2) is 0 Å². The van der Waals surface area contributed by atoms with E-state index < -0.39 is 0 Å². The van der Waals surface area contributed by atoms with Gasteiger partial charge in [-0.15, -0.1) is 0 Å². The summed E-state index contributed by atoms with van der Waals surface area (Å²) in [5.41, 5.74) is 0.560. The minimum absolute atomic E-state index is 0.560. The molecule has 76 valence electrons. The van der Waals surface area contributed by atoms with Crippen molar-refractivity contribution in [3.8, 4) is 0 Å². The summed E-state index contributed by atoms with van der Waals surface area (Å²) >= 11 is 0. The van der Waals surface area contributed by atoms with E-state index in [-0.39, 0.29) is 0 Å². The second kappa shape index (κ2) is 3.97. The molecule has 0 atom stereocenters. The van der Waals surface area contributed by atoms with E-state index >= 15 is 0 Å². The molecule has 0 unspecified atom stereocenters. The molecule has 0 aromatic carbocycles. The normalized spacial score (nSPS) is 26.5. The van der Waals surface area contributed by atoms with Crippen LogP contribution >= 0.6 is 0 Å². The fraction of sp³-hybridized carbons (Fsp3) is 1.00. The molecule has 2 fully saturated rings. The van der Waals surface area contributed by atoms with Crippen LogP contribution in [0.15, 0.2) is 0 Å². The zero-order chi connectivity index (χ0) is 9.15. The summed E-state index contributed by atoms with van der Waals surface area (Å²) in [4.78, 5) is 0. The van der Waals surface area contributed by atoms with Gasteiger partial charge in [0.15, 0.2) is 0 Å². The van der Waals surface area contributed by atoms with Crippen LogP contribution in [0.4, 0.5) is 0 Å². The Kier molecular flexibility index (Phi) is 2.89. The second-order valence-electron chi connectivity index (χ2n) is 4.64. The number of hydrogen-bond donors (Lipinski definition) is 0. The van der Waals surface area contributed by atoms with Crippen molar-refractivity contribution >= 4 is 0 Å². The predicted molar refractivity (Wildman–Crippen MR) is 51.7 cm³/mol. The highest BCUT2D eigenvalue weighted by atomic mass is 16.5. The maximum atomic E-state index is 5.30. The highest BCUT2D eigenvalue weighted by Crippen LogP contribution is 2.37. The minimum Gasteiger partial charge on any atom is -0.381 e. The Balaban J connectivity index is 1.60. The molecule has 2 aliphatic rings. The summed E-state index contributed by atoms with van der Waals surface area (Å²) in [7, 11) is 0. The molecule has 2 nitrogen and oxygen atoms in total. The van der Waals surface area contributed by atoms with Crippen LogP contribution in [0, 0.1) is 11.3 Å². The van der Waals surface area contributed by atoms with Crippen LogP contribution in [-0.4, -0.2) is 26.4 Å². The summed E-state index contributed by atoms with van der Waals surface area (Å²) in [6, 6.07) is 0. The van der Waals surface area contributed by atoms with Gasteiger partial charge in [-0.1, -0.05) is 13.3 Å². The molecule has 0 amide bonds. The van der Waals surface area contributed by atoms with Crippen LogP contribution < -0.4 is 0 Å². The van der Waals surface area contributed by atoms with Crippen LogP contribution in [0.2, 0.25) is 0 Å². The summed E-state index contributed by atoms with van der Waals surface area (Å²) in [6.07, 6.45) is 5.38. The molecular weight excluding hydrogens is 164 g/mol. The lowest BCUT2D eigenvalue weighted by atomic mass is 9.78. The average Bonchev–Trinajstić information content (AvgIpc) is 1.99. The van der Waals surface area contributed by atoms with E-state index in [1.807, 2.05) is 0 Å². The number of ether oxygens (including phenoxy) is 2. The molecule has 0 N–H and O–H groups in total. The summed E-state index contributed by atoms with van der Waals surface area (Å²) in [5.74, 6) is 0.870. The third-order valence-electron chi connectivity index (χ3n) is 3.59. The monoisotopic (exact) mass is 184 g/mol. The number of hydrogen-bond acceptors (Lipinski definition) is 2. The average molecular weight is 184 g/mol. The minimum atomic E-state index is 0.560. The Bertz CT molecular complexity index is 154. The van der Waals surface area contributed by atoms with Crippen LogP contribution in [0.25, 0.3) is 0 Å². The lowest BCUT2D eigenvalue weighted by Gasteiger charge is -2.41.